The van der Waals surface area contributed by atoms with Gasteiger partial charge >= 0.3 is 0 Å². The maximum absolute atomic E-state index is 13.0. The molecule has 0 aliphatic carbocycles. The van der Waals surface area contributed by atoms with Gasteiger partial charge in [-0.1, -0.05) is 37.3 Å². The highest BCUT2D eigenvalue weighted by Crippen LogP contribution is 2.19. The van der Waals surface area contributed by atoms with Crippen LogP contribution in [-0.2, 0) is 0 Å². The Morgan fingerprint density at radius 2 is 1.95 bits per heavy atom. The van der Waals surface area contributed by atoms with Gasteiger partial charge in [0.15, 0.2) is 0 Å². The quantitative estimate of drug-likeness (QED) is 0.845. The Labute approximate surface area is 132 Å². The zero-order valence-corrected chi connectivity index (χ0v) is 13.4. The van der Waals surface area contributed by atoms with Gasteiger partial charge in [0, 0.05) is 11.0 Å². The van der Waals surface area contributed by atoms with E-state index in [2.05, 4.69) is 40.3 Å². The van der Waals surface area contributed by atoms with Crippen LogP contribution in [0.2, 0.25) is 0 Å². The number of halogens is 2. The molecule has 2 aromatic rings. The summed E-state index contributed by atoms with van der Waals surface area (Å²) < 4.78 is 13.5. The molecular weight excluding hydrogens is 333 g/mol. The van der Waals surface area contributed by atoms with Crippen molar-refractivity contribution in [1.29, 1.82) is 0 Å². The fourth-order valence-corrected chi connectivity index (χ4v) is 2.65. The largest absolute Gasteiger partial charge is 0.352 e. The lowest BCUT2D eigenvalue weighted by Crippen LogP contribution is -2.25. The summed E-state index contributed by atoms with van der Waals surface area (Å²) in [4.78, 5) is 12.0. The van der Waals surface area contributed by atoms with Crippen molar-refractivity contribution in [2.75, 3.05) is 6.54 Å². The highest BCUT2D eigenvalue weighted by atomic mass is 79.9. The first-order valence-electron chi connectivity index (χ1n) is 6.86. The van der Waals surface area contributed by atoms with Gasteiger partial charge in [-0.05, 0) is 52.0 Å². The lowest BCUT2D eigenvalue weighted by Gasteiger charge is -2.13. The molecule has 0 spiro atoms. The average molecular weight is 350 g/mol. The summed E-state index contributed by atoms with van der Waals surface area (Å²) in [5.74, 6) is -0.179. The Hall–Kier alpha value is -1.68. The minimum atomic E-state index is -0.365. The Kier molecular flexibility index (Phi) is 5.51. The molecule has 0 aliphatic rings. The minimum Gasteiger partial charge on any atom is -0.352 e. The molecule has 2 aromatic carbocycles. The summed E-state index contributed by atoms with van der Waals surface area (Å²) in [6.07, 6.45) is 0.856. The molecule has 1 unspecified atom stereocenters. The molecule has 0 heterocycles. The number of amides is 1. The van der Waals surface area contributed by atoms with Crippen LogP contribution in [0.15, 0.2) is 53.0 Å². The molecule has 110 valence electrons. The third-order valence-electron chi connectivity index (χ3n) is 3.41. The molecule has 1 N–H and O–H groups in total. The van der Waals surface area contributed by atoms with Crippen molar-refractivity contribution in [2.45, 2.75) is 19.3 Å². The van der Waals surface area contributed by atoms with Crippen LogP contribution in [0.5, 0.6) is 0 Å². The molecule has 0 saturated carbocycles. The van der Waals surface area contributed by atoms with Gasteiger partial charge < -0.3 is 5.32 Å². The van der Waals surface area contributed by atoms with E-state index in [1.54, 1.807) is 0 Å². The van der Waals surface area contributed by atoms with Crippen LogP contribution in [0.25, 0.3) is 0 Å². The first-order chi connectivity index (χ1) is 10.1. The predicted octanol–water partition coefficient (Wildman–Crippen LogP) is 4.51. The number of hydrogen-bond acceptors (Lipinski definition) is 1. The summed E-state index contributed by atoms with van der Waals surface area (Å²) in [5, 5.41) is 2.87. The molecule has 1 amide bonds. The van der Waals surface area contributed by atoms with Crippen LogP contribution in [0.3, 0.4) is 0 Å². The number of carbonyl (C=O) groups is 1. The second kappa shape index (κ2) is 7.36. The smallest absolute Gasteiger partial charge is 0.252 e. The van der Waals surface area contributed by atoms with E-state index in [0.717, 1.165) is 6.42 Å². The van der Waals surface area contributed by atoms with Gasteiger partial charge in [-0.3, -0.25) is 4.79 Å². The van der Waals surface area contributed by atoms with E-state index in [0.29, 0.717) is 22.5 Å². The zero-order valence-electron chi connectivity index (χ0n) is 11.8. The molecule has 0 fully saturated rings. The summed E-state index contributed by atoms with van der Waals surface area (Å²) in [6.45, 7) is 2.72. The molecule has 0 saturated heterocycles. The van der Waals surface area contributed by atoms with Crippen LogP contribution in [0.4, 0.5) is 4.39 Å². The van der Waals surface area contributed by atoms with Gasteiger partial charge in [0.1, 0.15) is 5.82 Å². The van der Waals surface area contributed by atoms with Crippen LogP contribution in [0.1, 0.15) is 35.2 Å². The van der Waals surface area contributed by atoms with E-state index in [4.69, 9.17) is 0 Å². The number of nitrogens with one attached hydrogen (secondary N) is 1. The maximum Gasteiger partial charge on any atom is 0.252 e. The highest BCUT2D eigenvalue weighted by molar-refractivity contribution is 9.10. The van der Waals surface area contributed by atoms with Gasteiger partial charge in [0.25, 0.3) is 5.91 Å². The summed E-state index contributed by atoms with van der Waals surface area (Å²) in [7, 11) is 0. The summed E-state index contributed by atoms with van der Waals surface area (Å²) in [5.41, 5.74) is 1.71. The predicted molar refractivity (Wildman–Crippen MR) is 85.9 cm³/mol. The first-order valence-corrected chi connectivity index (χ1v) is 7.65. The van der Waals surface area contributed by atoms with Gasteiger partial charge in [-0.2, -0.15) is 0 Å². The molecule has 0 bridgehead atoms. The standard InChI is InChI=1S/C17H17BrFNO/c1-12(13-5-3-2-4-6-13)9-10-20-17(21)15-8-7-14(19)11-16(15)18/h2-8,11-12H,9-10H2,1H3,(H,20,21). The lowest BCUT2D eigenvalue weighted by molar-refractivity contribution is 0.0952. The van der Waals surface area contributed by atoms with Crippen LogP contribution in [-0.4, -0.2) is 12.5 Å². The Balaban J connectivity index is 1.87. The molecule has 0 aromatic heterocycles. The van der Waals surface area contributed by atoms with E-state index >= 15 is 0 Å². The molecular formula is C17H17BrFNO. The zero-order chi connectivity index (χ0) is 15.2. The number of carbonyl (C=O) groups excluding carboxylic acids is 1. The Morgan fingerprint density at radius 1 is 1.24 bits per heavy atom. The lowest BCUT2D eigenvalue weighted by atomic mass is 9.98. The molecule has 4 heteroatoms. The number of benzene rings is 2. The van der Waals surface area contributed by atoms with Gasteiger partial charge in [0.2, 0.25) is 0 Å². The molecule has 2 nitrogen and oxygen atoms in total. The highest BCUT2D eigenvalue weighted by Gasteiger charge is 2.11. The van der Waals surface area contributed by atoms with Crippen molar-refractivity contribution in [3.05, 3.63) is 69.9 Å². The fraction of sp³-hybridized carbons (Fsp3) is 0.235. The monoisotopic (exact) mass is 349 g/mol. The van der Waals surface area contributed by atoms with Crippen molar-refractivity contribution in [3.8, 4) is 0 Å². The first kappa shape index (κ1) is 15.7. The van der Waals surface area contributed by atoms with Gasteiger partial charge in [-0.25, -0.2) is 4.39 Å². The van der Waals surface area contributed by atoms with Crippen molar-refractivity contribution in [1.82, 2.24) is 5.32 Å². The summed E-state index contributed by atoms with van der Waals surface area (Å²) in [6, 6.07) is 14.2. The van der Waals surface area contributed by atoms with Crippen LogP contribution in [0, 0.1) is 5.82 Å². The topological polar surface area (TPSA) is 29.1 Å². The average Bonchev–Trinajstić information content (AvgIpc) is 2.47. The normalized spacial score (nSPS) is 12.0. The second-order valence-corrected chi connectivity index (χ2v) is 5.83. The third kappa shape index (κ3) is 4.39. The fourth-order valence-electron chi connectivity index (χ4n) is 2.12. The van der Waals surface area contributed by atoms with E-state index in [-0.39, 0.29) is 11.7 Å². The SMILES string of the molecule is CC(CCNC(=O)c1ccc(F)cc1Br)c1ccccc1. The third-order valence-corrected chi connectivity index (χ3v) is 4.06. The summed E-state index contributed by atoms with van der Waals surface area (Å²) >= 11 is 3.20. The van der Waals surface area contributed by atoms with E-state index in [9.17, 15) is 9.18 Å². The van der Waals surface area contributed by atoms with E-state index in [1.165, 1.54) is 23.8 Å². The second-order valence-electron chi connectivity index (χ2n) is 4.98. The van der Waals surface area contributed by atoms with Gasteiger partial charge in [0.05, 0.1) is 5.56 Å². The van der Waals surface area contributed by atoms with Crippen LogP contribution < -0.4 is 5.32 Å². The Morgan fingerprint density at radius 3 is 2.62 bits per heavy atom. The van der Waals surface area contributed by atoms with Crippen molar-refractivity contribution >= 4 is 21.8 Å². The molecule has 0 aliphatic heterocycles. The van der Waals surface area contributed by atoms with Gasteiger partial charge in [-0.15, -0.1) is 0 Å². The number of hydrogen-bond donors (Lipinski definition) is 1. The van der Waals surface area contributed by atoms with E-state index in [1.807, 2.05) is 18.2 Å². The number of rotatable bonds is 5. The van der Waals surface area contributed by atoms with Crippen molar-refractivity contribution in [3.63, 3.8) is 0 Å². The Bertz CT molecular complexity index is 615. The molecule has 21 heavy (non-hydrogen) atoms. The molecule has 1 atom stereocenters. The van der Waals surface area contributed by atoms with Crippen molar-refractivity contribution in [2.24, 2.45) is 0 Å². The molecule has 0 radical (unpaired) electrons. The van der Waals surface area contributed by atoms with E-state index < -0.39 is 0 Å². The van der Waals surface area contributed by atoms with Crippen LogP contribution >= 0.6 is 15.9 Å². The minimum absolute atomic E-state index is 0.192. The van der Waals surface area contributed by atoms with Crippen molar-refractivity contribution < 1.29 is 9.18 Å². The maximum atomic E-state index is 13.0. The molecule has 2 rings (SSSR count).